The largest absolute Gasteiger partial charge is 0.331 e. The van der Waals surface area contributed by atoms with E-state index >= 15 is 0 Å². The number of anilines is 1. The maximum absolute atomic E-state index is 12.1. The summed E-state index contributed by atoms with van der Waals surface area (Å²) >= 11 is 5.21. The van der Waals surface area contributed by atoms with Crippen LogP contribution in [0.2, 0.25) is 0 Å². The van der Waals surface area contributed by atoms with E-state index in [9.17, 15) is 4.79 Å². The molecule has 2 aromatic rings. The molecule has 120 valence electrons. The number of thiocarbonyl (C=S) groups is 1. The lowest BCUT2D eigenvalue weighted by Crippen LogP contribution is -2.43. The fourth-order valence-electron chi connectivity index (χ4n) is 2.12. The van der Waals surface area contributed by atoms with Gasteiger partial charge >= 0.3 is 0 Å². The Bertz CT molecular complexity index is 711. The first kappa shape index (κ1) is 17.0. The highest BCUT2D eigenvalue weighted by Crippen LogP contribution is 2.17. The zero-order chi connectivity index (χ0) is 16.8. The molecule has 0 unspecified atom stereocenters. The second kappa shape index (κ2) is 7.74. The molecular formula is C18H21N3OS. The van der Waals surface area contributed by atoms with Crippen molar-refractivity contribution in [3.05, 3.63) is 64.7 Å². The van der Waals surface area contributed by atoms with E-state index in [1.165, 1.54) is 11.1 Å². The summed E-state index contributed by atoms with van der Waals surface area (Å²) in [7, 11) is 0. The average molecular weight is 327 g/mol. The molecule has 0 heterocycles. The van der Waals surface area contributed by atoms with Gasteiger partial charge in [0.1, 0.15) is 0 Å². The zero-order valence-electron chi connectivity index (χ0n) is 13.6. The number of aryl methyl sites for hydroxylation is 2. The van der Waals surface area contributed by atoms with Crippen LogP contribution in [0.15, 0.2) is 42.5 Å². The molecule has 0 atom stereocenters. The lowest BCUT2D eigenvalue weighted by Gasteiger charge is -2.14. The topological polar surface area (TPSA) is 53.2 Å². The van der Waals surface area contributed by atoms with Gasteiger partial charge in [-0.3, -0.25) is 15.6 Å². The van der Waals surface area contributed by atoms with Crippen LogP contribution in [-0.2, 0) is 6.42 Å². The highest BCUT2D eigenvalue weighted by atomic mass is 32.1. The molecule has 0 saturated heterocycles. The molecular weight excluding hydrogens is 306 g/mol. The third-order valence-corrected chi connectivity index (χ3v) is 3.97. The van der Waals surface area contributed by atoms with Crippen LogP contribution >= 0.6 is 12.2 Å². The molecule has 5 heteroatoms. The third-order valence-electron chi connectivity index (χ3n) is 3.77. The Labute approximate surface area is 142 Å². The molecule has 23 heavy (non-hydrogen) atoms. The number of hydrazine groups is 1. The normalized spacial score (nSPS) is 10.0. The quantitative estimate of drug-likeness (QED) is 0.597. The summed E-state index contributed by atoms with van der Waals surface area (Å²) in [6.45, 7) is 6.14. The van der Waals surface area contributed by atoms with Gasteiger partial charge in [0.05, 0.1) is 0 Å². The van der Waals surface area contributed by atoms with Crippen molar-refractivity contribution in [2.24, 2.45) is 0 Å². The van der Waals surface area contributed by atoms with E-state index in [0.29, 0.717) is 10.7 Å². The van der Waals surface area contributed by atoms with Crippen LogP contribution < -0.4 is 16.2 Å². The van der Waals surface area contributed by atoms with Gasteiger partial charge in [-0.1, -0.05) is 31.2 Å². The zero-order valence-corrected chi connectivity index (χ0v) is 14.4. The van der Waals surface area contributed by atoms with Gasteiger partial charge in [0.25, 0.3) is 5.91 Å². The first-order valence-corrected chi connectivity index (χ1v) is 7.94. The smallest absolute Gasteiger partial charge is 0.269 e. The number of rotatable bonds is 3. The van der Waals surface area contributed by atoms with Crippen molar-refractivity contribution in [1.29, 1.82) is 0 Å². The van der Waals surface area contributed by atoms with Crippen LogP contribution in [0.1, 0.15) is 34.0 Å². The Morgan fingerprint density at radius 2 is 1.74 bits per heavy atom. The van der Waals surface area contributed by atoms with Gasteiger partial charge in [0.2, 0.25) is 0 Å². The molecule has 0 aromatic heterocycles. The fourth-order valence-corrected chi connectivity index (χ4v) is 2.28. The molecule has 1 amide bonds. The van der Waals surface area contributed by atoms with Gasteiger partial charge in [-0.05, 0) is 67.4 Å². The van der Waals surface area contributed by atoms with E-state index < -0.39 is 0 Å². The second-order valence-electron chi connectivity index (χ2n) is 5.33. The molecule has 2 aromatic carbocycles. The molecule has 0 aliphatic heterocycles. The van der Waals surface area contributed by atoms with Crippen LogP contribution in [0.4, 0.5) is 5.69 Å². The third kappa shape index (κ3) is 4.53. The van der Waals surface area contributed by atoms with Crippen molar-refractivity contribution in [3.8, 4) is 0 Å². The van der Waals surface area contributed by atoms with Gasteiger partial charge in [-0.2, -0.15) is 0 Å². The SMILES string of the molecule is CCc1ccc(C(=O)NNC(=S)Nc2cccc(C)c2C)cc1. The fraction of sp³-hybridized carbons (Fsp3) is 0.222. The number of hydrogen-bond acceptors (Lipinski definition) is 2. The van der Waals surface area contributed by atoms with Crippen molar-refractivity contribution in [2.45, 2.75) is 27.2 Å². The Morgan fingerprint density at radius 3 is 2.39 bits per heavy atom. The minimum atomic E-state index is -0.224. The number of nitrogens with one attached hydrogen (secondary N) is 3. The molecule has 0 aliphatic carbocycles. The van der Waals surface area contributed by atoms with Gasteiger partial charge in [0, 0.05) is 11.3 Å². The number of carbonyl (C=O) groups is 1. The number of carbonyl (C=O) groups excluding carboxylic acids is 1. The standard InChI is InChI=1S/C18H21N3OS/c1-4-14-8-10-15(11-9-14)17(22)20-21-18(23)19-16-7-5-6-12(2)13(16)3/h5-11H,4H2,1-3H3,(H,20,22)(H2,19,21,23). The Balaban J connectivity index is 1.90. The van der Waals surface area contributed by atoms with Gasteiger partial charge in [-0.15, -0.1) is 0 Å². The number of amides is 1. The summed E-state index contributed by atoms with van der Waals surface area (Å²) in [6, 6.07) is 13.4. The molecule has 3 N–H and O–H groups in total. The molecule has 0 radical (unpaired) electrons. The summed E-state index contributed by atoms with van der Waals surface area (Å²) < 4.78 is 0. The maximum atomic E-state index is 12.1. The highest BCUT2D eigenvalue weighted by molar-refractivity contribution is 7.80. The summed E-state index contributed by atoms with van der Waals surface area (Å²) in [4.78, 5) is 12.1. The van der Waals surface area contributed by atoms with Crippen molar-refractivity contribution >= 4 is 28.9 Å². The van der Waals surface area contributed by atoms with Gasteiger partial charge in [0.15, 0.2) is 5.11 Å². The minimum Gasteiger partial charge on any atom is -0.331 e. The summed E-state index contributed by atoms with van der Waals surface area (Å²) in [5.41, 5.74) is 10.3. The van der Waals surface area contributed by atoms with Crippen molar-refractivity contribution < 1.29 is 4.79 Å². The van der Waals surface area contributed by atoms with Crippen LogP contribution in [0, 0.1) is 13.8 Å². The number of benzene rings is 2. The van der Waals surface area contributed by atoms with Gasteiger partial charge < -0.3 is 5.32 Å². The molecule has 0 fully saturated rings. The highest BCUT2D eigenvalue weighted by Gasteiger charge is 2.07. The first-order valence-electron chi connectivity index (χ1n) is 7.53. The van der Waals surface area contributed by atoms with E-state index in [0.717, 1.165) is 17.7 Å². The molecule has 0 bridgehead atoms. The van der Waals surface area contributed by atoms with E-state index in [-0.39, 0.29) is 5.91 Å². The lowest BCUT2D eigenvalue weighted by atomic mass is 10.1. The predicted molar refractivity (Wildman–Crippen MR) is 98.6 cm³/mol. The molecule has 0 spiro atoms. The van der Waals surface area contributed by atoms with Crippen LogP contribution in [0.5, 0.6) is 0 Å². The molecule has 4 nitrogen and oxygen atoms in total. The Hall–Kier alpha value is -2.40. The maximum Gasteiger partial charge on any atom is 0.269 e. The van der Waals surface area contributed by atoms with Crippen molar-refractivity contribution in [1.82, 2.24) is 10.9 Å². The van der Waals surface area contributed by atoms with E-state index in [1.54, 1.807) is 12.1 Å². The van der Waals surface area contributed by atoms with Crippen LogP contribution in [0.3, 0.4) is 0 Å². The predicted octanol–water partition coefficient (Wildman–Crippen LogP) is 3.50. The molecule has 0 aliphatic rings. The first-order chi connectivity index (χ1) is 11.0. The van der Waals surface area contributed by atoms with Crippen LogP contribution in [0.25, 0.3) is 0 Å². The second-order valence-corrected chi connectivity index (χ2v) is 5.74. The lowest BCUT2D eigenvalue weighted by molar-refractivity contribution is 0.0944. The van der Waals surface area contributed by atoms with E-state index in [2.05, 4.69) is 23.1 Å². The van der Waals surface area contributed by atoms with E-state index in [1.807, 2.05) is 44.2 Å². The minimum absolute atomic E-state index is 0.224. The molecule has 0 saturated carbocycles. The van der Waals surface area contributed by atoms with Crippen LogP contribution in [-0.4, -0.2) is 11.0 Å². The Morgan fingerprint density at radius 1 is 1.04 bits per heavy atom. The van der Waals surface area contributed by atoms with Crippen molar-refractivity contribution in [2.75, 3.05) is 5.32 Å². The van der Waals surface area contributed by atoms with Crippen molar-refractivity contribution in [3.63, 3.8) is 0 Å². The summed E-state index contributed by atoms with van der Waals surface area (Å²) in [5.74, 6) is -0.224. The Kier molecular flexibility index (Phi) is 5.71. The molecule has 2 rings (SSSR count). The monoisotopic (exact) mass is 327 g/mol. The van der Waals surface area contributed by atoms with E-state index in [4.69, 9.17) is 12.2 Å². The van der Waals surface area contributed by atoms with Gasteiger partial charge in [-0.25, -0.2) is 0 Å². The average Bonchev–Trinajstić information content (AvgIpc) is 2.57. The number of hydrogen-bond donors (Lipinski definition) is 3. The summed E-state index contributed by atoms with van der Waals surface area (Å²) in [6.07, 6.45) is 0.948. The summed E-state index contributed by atoms with van der Waals surface area (Å²) in [5, 5.41) is 3.43.